The second-order valence-electron chi connectivity index (χ2n) is 4.08. The fraction of sp³-hybridized carbons (Fsp3) is 0.417. The highest BCUT2D eigenvalue weighted by atomic mass is 16.6. The van der Waals surface area contributed by atoms with Crippen molar-refractivity contribution in [2.75, 3.05) is 26.2 Å². The van der Waals surface area contributed by atoms with Gasteiger partial charge in [0.05, 0.1) is 13.1 Å². The van der Waals surface area contributed by atoms with Gasteiger partial charge in [0, 0.05) is 13.1 Å². The Labute approximate surface area is 106 Å². The van der Waals surface area contributed by atoms with Gasteiger partial charge in [-0.25, -0.2) is 4.79 Å². The van der Waals surface area contributed by atoms with Gasteiger partial charge in [0.25, 0.3) is 0 Å². The molecule has 0 radical (unpaired) electrons. The molecule has 6 heteroatoms. The Bertz CT molecular complexity index is 402. The standard InChI is InChI=1S/C12H16N4O2/c13-14-16-8-6-15(7-9-16)12(17)18-10-11-4-2-1-3-5-11/h1-5,13H,6-10H2. The predicted molar refractivity (Wildman–Crippen MR) is 64.9 cm³/mol. The number of benzene rings is 1. The van der Waals surface area contributed by atoms with Crippen LogP contribution in [0, 0.1) is 5.53 Å². The highest BCUT2D eigenvalue weighted by molar-refractivity contribution is 5.67. The topological polar surface area (TPSA) is 69.0 Å². The van der Waals surface area contributed by atoms with Crippen molar-refractivity contribution in [3.8, 4) is 0 Å². The van der Waals surface area contributed by atoms with E-state index in [4.69, 9.17) is 10.3 Å². The monoisotopic (exact) mass is 248 g/mol. The first-order valence-corrected chi connectivity index (χ1v) is 5.87. The van der Waals surface area contributed by atoms with Crippen molar-refractivity contribution >= 4 is 6.09 Å². The lowest BCUT2D eigenvalue weighted by Crippen LogP contribution is -2.46. The van der Waals surface area contributed by atoms with Crippen molar-refractivity contribution in [3.05, 3.63) is 35.9 Å². The summed E-state index contributed by atoms with van der Waals surface area (Å²) in [4.78, 5) is 13.4. The minimum absolute atomic E-state index is 0.294. The molecule has 1 aromatic rings. The number of hydrogen-bond acceptors (Lipinski definition) is 4. The van der Waals surface area contributed by atoms with E-state index < -0.39 is 0 Å². The third-order valence-electron chi connectivity index (χ3n) is 2.86. The molecule has 0 atom stereocenters. The van der Waals surface area contributed by atoms with E-state index in [9.17, 15) is 4.79 Å². The van der Waals surface area contributed by atoms with Crippen molar-refractivity contribution in [3.63, 3.8) is 0 Å². The summed E-state index contributed by atoms with van der Waals surface area (Å²) in [5.74, 6) is 0. The molecule has 2 rings (SSSR count). The molecule has 1 fully saturated rings. The Balaban J connectivity index is 1.77. The summed E-state index contributed by atoms with van der Waals surface area (Å²) >= 11 is 0. The SMILES string of the molecule is N=NN1CCN(C(=O)OCc2ccccc2)CC1. The predicted octanol–water partition coefficient (Wildman–Crippen LogP) is 1.89. The zero-order valence-corrected chi connectivity index (χ0v) is 10.1. The second kappa shape index (κ2) is 6.00. The number of ether oxygens (including phenoxy) is 1. The molecule has 1 heterocycles. The van der Waals surface area contributed by atoms with E-state index in [1.165, 1.54) is 0 Å². The Morgan fingerprint density at radius 1 is 1.22 bits per heavy atom. The van der Waals surface area contributed by atoms with Gasteiger partial charge in [-0.3, -0.25) is 5.01 Å². The van der Waals surface area contributed by atoms with Crippen LogP contribution in [0.3, 0.4) is 0 Å². The van der Waals surface area contributed by atoms with Crippen LogP contribution in [0.5, 0.6) is 0 Å². The van der Waals surface area contributed by atoms with Crippen LogP contribution >= 0.6 is 0 Å². The normalized spacial score (nSPS) is 15.3. The molecular weight excluding hydrogens is 232 g/mol. The number of nitrogens with zero attached hydrogens (tertiary/aromatic N) is 3. The summed E-state index contributed by atoms with van der Waals surface area (Å²) in [6.45, 7) is 2.57. The first-order chi connectivity index (χ1) is 8.79. The molecule has 6 nitrogen and oxygen atoms in total. The molecule has 18 heavy (non-hydrogen) atoms. The van der Waals surface area contributed by atoms with Crippen LogP contribution in [-0.4, -0.2) is 42.2 Å². The van der Waals surface area contributed by atoms with Gasteiger partial charge in [-0.2, -0.15) is 5.53 Å². The van der Waals surface area contributed by atoms with Gasteiger partial charge in [-0.05, 0) is 5.56 Å². The molecule has 1 saturated heterocycles. The lowest BCUT2D eigenvalue weighted by Gasteiger charge is -2.31. The fourth-order valence-electron chi connectivity index (χ4n) is 1.79. The van der Waals surface area contributed by atoms with Gasteiger partial charge in [-0.15, -0.1) is 0 Å². The summed E-state index contributed by atoms with van der Waals surface area (Å²) < 4.78 is 5.23. The largest absolute Gasteiger partial charge is 0.445 e. The molecule has 0 saturated carbocycles. The Kier molecular flexibility index (Phi) is 4.11. The summed E-state index contributed by atoms with van der Waals surface area (Å²) in [6, 6.07) is 9.60. The van der Waals surface area contributed by atoms with Crippen LogP contribution in [0.25, 0.3) is 0 Å². The van der Waals surface area contributed by atoms with Crippen LogP contribution < -0.4 is 0 Å². The molecule has 0 aliphatic carbocycles. The van der Waals surface area contributed by atoms with Crippen LogP contribution in [-0.2, 0) is 11.3 Å². The number of amides is 1. The smallest absolute Gasteiger partial charge is 0.410 e. The molecule has 1 N–H and O–H groups in total. The fourth-order valence-corrected chi connectivity index (χ4v) is 1.79. The number of hydrogen-bond donors (Lipinski definition) is 1. The van der Waals surface area contributed by atoms with Crippen LogP contribution in [0.2, 0.25) is 0 Å². The minimum atomic E-state index is -0.302. The van der Waals surface area contributed by atoms with Gasteiger partial charge < -0.3 is 9.64 Å². The minimum Gasteiger partial charge on any atom is -0.445 e. The summed E-state index contributed by atoms with van der Waals surface area (Å²) in [5.41, 5.74) is 7.86. The Morgan fingerprint density at radius 2 is 1.89 bits per heavy atom. The number of nitrogens with one attached hydrogen (secondary N) is 1. The lowest BCUT2D eigenvalue weighted by molar-refractivity contribution is 0.0696. The zero-order chi connectivity index (χ0) is 12.8. The molecule has 0 aromatic heterocycles. The first-order valence-electron chi connectivity index (χ1n) is 5.87. The zero-order valence-electron chi connectivity index (χ0n) is 10.1. The maximum absolute atomic E-state index is 11.8. The van der Waals surface area contributed by atoms with Crippen LogP contribution in [0.4, 0.5) is 4.79 Å². The maximum atomic E-state index is 11.8. The summed E-state index contributed by atoms with van der Waals surface area (Å²) in [6.07, 6.45) is -0.302. The maximum Gasteiger partial charge on any atom is 0.410 e. The van der Waals surface area contributed by atoms with Gasteiger partial charge in [-0.1, -0.05) is 35.6 Å². The number of piperazine rings is 1. The number of carbonyl (C=O) groups is 1. The van der Waals surface area contributed by atoms with E-state index in [0.29, 0.717) is 32.8 Å². The lowest BCUT2D eigenvalue weighted by atomic mass is 10.2. The number of rotatable bonds is 3. The van der Waals surface area contributed by atoms with E-state index in [2.05, 4.69) is 5.22 Å². The van der Waals surface area contributed by atoms with Gasteiger partial charge in [0.15, 0.2) is 0 Å². The molecular formula is C12H16N4O2. The third kappa shape index (κ3) is 3.19. The summed E-state index contributed by atoms with van der Waals surface area (Å²) in [7, 11) is 0. The molecule has 0 unspecified atom stereocenters. The Hall–Kier alpha value is -2.11. The molecule has 96 valence electrons. The molecule has 1 aromatic carbocycles. The van der Waals surface area contributed by atoms with E-state index in [1.54, 1.807) is 9.91 Å². The van der Waals surface area contributed by atoms with E-state index in [0.717, 1.165) is 5.56 Å². The van der Waals surface area contributed by atoms with Crippen molar-refractivity contribution < 1.29 is 9.53 Å². The first kappa shape index (κ1) is 12.3. The van der Waals surface area contributed by atoms with Crippen molar-refractivity contribution in [1.29, 1.82) is 5.53 Å². The second-order valence-corrected chi connectivity index (χ2v) is 4.08. The molecule has 1 amide bonds. The highest BCUT2D eigenvalue weighted by Gasteiger charge is 2.21. The molecule has 1 aliphatic rings. The quantitative estimate of drug-likeness (QED) is 0.830. The van der Waals surface area contributed by atoms with Crippen LogP contribution in [0.15, 0.2) is 35.6 Å². The van der Waals surface area contributed by atoms with Crippen LogP contribution in [0.1, 0.15) is 5.56 Å². The average Bonchev–Trinajstić information content (AvgIpc) is 2.46. The van der Waals surface area contributed by atoms with Gasteiger partial charge in [0.1, 0.15) is 6.61 Å². The molecule has 0 bridgehead atoms. The number of carbonyl (C=O) groups excluding carboxylic acids is 1. The highest BCUT2D eigenvalue weighted by Crippen LogP contribution is 2.06. The molecule has 1 aliphatic heterocycles. The Morgan fingerprint density at radius 3 is 2.50 bits per heavy atom. The van der Waals surface area contributed by atoms with E-state index in [-0.39, 0.29) is 6.09 Å². The third-order valence-corrected chi connectivity index (χ3v) is 2.86. The average molecular weight is 248 g/mol. The van der Waals surface area contributed by atoms with Crippen molar-refractivity contribution in [1.82, 2.24) is 9.91 Å². The van der Waals surface area contributed by atoms with E-state index in [1.807, 2.05) is 30.3 Å². The van der Waals surface area contributed by atoms with Gasteiger partial charge in [0.2, 0.25) is 0 Å². The summed E-state index contributed by atoms with van der Waals surface area (Å²) in [5, 5.41) is 4.97. The van der Waals surface area contributed by atoms with Crippen molar-refractivity contribution in [2.24, 2.45) is 5.22 Å². The van der Waals surface area contributed by atoms with Gasteiger partial charge >= 0.3 is 6.09 Å². The van der Waals surface area contributed by atoms with E-state index >= 15 is 0 Å². The molecule has 0 spiro atoms. The van der Waals surface area contributed by atoms with Crippen molar-refractivity contribution in [2.45, 2.75) is 6.61 Å².